The van der Waals surface area contributed by atoms with Crippen LogP contribution >= 0.6 is 0 Å². The van der Waals surface area contributed by atoms with E-state index in [1.54, 1.807) is 12.4 Å². The highest BCUT2D eigenvalue weighted by Gasteiger charge is 1.97. The zero-order valence-corrected chi connectivity index (χ0v) is 13.3. The van der Waals surface area contributed by atoms with E-state index in [0.29, 0.717) is 12.8 Å². The molecule has 0 heterocycles. The molecule has 2 rings (SSSR count). The van der Waals surface area contributed by atoms with Crippen molar-refractivity contribution in [3.63, 3.8) is 0 Å². The molecule has 0 aliphatic carbocycles. The summed E-state index contributed by atoms with van der Waals surface area (Å²) >= 11 is 0. The normalized spacial score (nSPS) is 13.0. The summed E-state index contributed by atoms with van der Waals surface area (Å²) in [5, 5.41) is 15.4. The van der Waals surface area contributed by atoms with Gasteiger partial charge in [-0.1, -0.05) is 60.7 Å². The zero-order valence-electron chi connectivity index (χ0n) is 13.3. The fourth-order valence-electron chi connectivity index (χ4n) is 1.83. The molecule has 0 fully saturated rings. The Labute approximate surface area is 141 Å². The highest BCUT2D eigenvalue weighted by Crippen LogP contribution is 1.98. The topological polar surface area (TPSA) is 101 Å². The van der Waals surface area contributed by atoms with Gasteiger partial charge in [-0.05, 0) is 11.1 Å². The number of nitrogens with two attached hydrogens (primary N) is 2. The van der Waals surface area contributed by atoms with Crippen LogP contribution in [-0.4, -0.2) is 24.1 Å². The van der Waals surface area contributed by atoms with Crippen LogP contribution in [0.25, 0.3) is 0 Å². The minimum atomic E-state index is 0.0381. The zero-order chi connectivity index (χ0) is 17.0. The molecule has 0 aliphatic rings. The second kappa shape index (κ2) is 9.68. The van der Waals surface area contributed by atoms with Gasteiger partial charge in [0.1, 0.15) is 0 Å². The molecule has 4 N–H and O–H groups in total. The van der Waals surface area contributed by atoms with Gasteiger partial charge in [0.15, 0.2) is 11.7 Å². The predicted molar refractivity (Wildman–Crippen MR) is 101 cm³/mol. The Morgan fingerprint density at radius 3 is 1.42 bits per heavy atom. The van der Waals surface area contributed by atoms with Crippen molar-refractivity contribution in [2.24, 2.45) is 31.9 Å². The van der Waals surface area contributed by atoms with Gasteiger partial charge < -0.3 is 11.5 Å². The van der Waals surface area contributed by atoms with E-state index in [1.165, 1.54) is 0 Å². The lowest BCUT2D eigenvalue weighted by atomic mass is 10.2. The maximum absolute atomic E-state index is 5.70. The van der Waals surface area contributed by atoms with Gasteiger partial charge in [-0.25, -0.2) is 0 Å². The standard InChI is InChI=1S/C18H20N6/c19-17(23-21-13-11-15-7-3-1-4-8-15)18(20)24-22-14-12-16-9-5-2-6-10-16/h1-10,13-14H,11-12H2,(H2,19,23)(H2,20,24)/b21-13-,22-14+. The molecule has 0 atom stereocenters. The summed E-state index contributed by atoms with van der Waals surface area (Å²) in [4.78, 5) is 0. The maximum Gasteiger partial charge on any atom is 0.190 e. The molecule has 0 spiro atoms. The summed E-state index contributed by atoms with van der Waals surface area (Å²) in [6.07, 6.45) is 4.66. The highest BCUT2D eigenvalue weighted by atomic mass is 15.3. The molecule has 6 heteroatoms. The van der Waals surface area contributed by atoms with E-state index >= 15 is 0 Å². The Hall–Kier alpha value is -3.28. The van der Waals surface area contributed by atoms with Crippen LogP contribution in [0.5, 0.6) is 0 Å². The van der Waals surface area contributed by atoms with Gasteiger partial charge in [0.2, 0.25) is 0 Å². The number of hydrogen-bond donors (Lipinski definition) is 2. The quantitative estimate of drug-likeness (QED) is 0.484. The van der Waals surface area contributed by atoms with Gasteiger partial charge in [0.05, 0.1) is 0 Å². The van der Waals surface area contributed by atoms with Crippen LogP contribution in [0.2, 0.25) is 0 Å². The largest absolute Gasteiger partial charge is 0.379 e. The molecule has 0 amide bonds. The first-order valence-electron chi connectivity index (χ1n) is 7.54. The van der Waals surface area contributed by atoms with Crippen molar-refractivity contribution >= 4 is 24.1 Å². The first-order valence-corrected chi connectivity index (χ1v) is 7.54. The third-order valence-electron chi connectivity index (χ3n) is 3.10. The van der Waals surface area contributed by atoms with Gasteiger partial charge >= 0.3 is 0 Å². The molecule has 0 aromatic heterocycles. The number of rotatable bonds is 6. The Morgan fingerprint density at radius 1 is 0.667 bits per heavy atom. The lowest BCUT2D eigenvalue weighted by Gasteiger charge is -1.95. The molecular weight excluding hydrogens is 300 g/mol. The Balaban J connectivity index is 1.82. The first-order chi connectivity index (χ1) is 11.8. The van der Waals surface area contributed by atoms with E-state index in [4.69, 9.17) is 11.5 Å². The summed E-state index contributed by atoms with van der Waals surface area (Å²) in [6, 6.07) is 19.9. The maximum atomic E-state index is 5.70. The van der Waals surface area contributed by atoms with Gasteiger partial charge in [-0.15, -0.1) is 10.2 Å². The van der Waals surface area contributed by atoms with Crippen molar-refractivity contribution < 1.29 is 0 Å². The van der Waals surface area contributed by atoms with Gasteiger partial charge in [0, 0.05) is 25.3 Å². The second-order valence-corrected chi connectivity index (χ2v) is 4.95. The fraction of sp³-hybridized carbons (Fsp3) is 0.111. The van der Waals surface area contributed by atoms with E-state index in [0.717, 1.165) is 11.1 Å². The lowest BCUT2D eigenvalue weighted by molar-refractivity contribution is 1.19. The fourth-order valence-corrected chi connectivity index (χ4v) is 1.83. The third-order valence-corrected chi connectivity index (χ3v) is 3.10. The molecule has 0 radical (unpaired) electrons. The smallest absolute Gasteiger partial charge is 0.190 e. The molecule has 2 aromatic carbocycles. The van der Waals surface area contributed by atoms with E-state index in [-0.39, 0.29) is 11.7 Å². The second-order valence-electron chi connectivity index (χ2n) is 4.95. The SMILES string of the molecule is NC(=N\N=C/Cc1ccccc1)/C(N)=N\N=C\Cc1ccccc1. The minimum Gasteiger partial charge on any atom is -0.379 e. The van der Waals surface area contributed by atoms with Gasteiger partial charge in [-0.3, -0.25) is 0 Å². The average molecular weight is 320 g/mol. The molecule has 122 valence electrons. The van der Waals surface area contributed by atoms with Gasteiger partial charge in [-0.2, -0.15) is 10.2 Å². The van der Waals surface area contributed by atoms with Crippen molar-refractivity contribution in [2.45, 2.75) is 12.8 Å². The van der Waals surface area contributed by atoms with Crippen molar-refractivity contribution in [2.75, 3.05) is 0 Å². The lowest BCUT2D eigenvalue weighted by Crippen LogP contribution is -2.30. The molecule has 2 aromatic rings. The summed E-state index contributed by atoms with van der Waals surface area (Å²) in [7, 11) is 0. The van der Waals surface area contributed by atoms with Crippen molar-refractivity contribution in [1.82, 2.24) is 0 Å². The van der Waals surface area contributed by atoms with Crippen LogP contribution < -0.4 is 11.5 Å². The predicted octanol–water partition coefficient (Wildman–Crippen LogP) is 2.16. The molecule has 0 unspecified atom stereocenters. The van der Waals surface area contributed by atoms with Crippen molar-refractivity contribution in [1.29, 1.82) is 0 Å². The number of nitrogens with zero attached hydrogens (tertiary/aromatic N) is 4. The summed E-state index contributed by atoms with van der Waals surface area (Å²) < 4.78 is 0. The molecule has 0 saturated heterocycles. The molecule has 0 saturated carbocycles. The summed E-state index contributed by atoms with van der Waals surface area (Å²) in [6.45, 7) is 0. The summed E-state index contributed by atoms with van der Waals surface area (Å²) in [5.41, 5.74) is 13.7. The highest BCUT2D eigenvalue weighted by molar-refractivity contribution is 6.39. The molecule has 0 bridgehead atoms. The van der Waals surface area contributed by atoms with E-state index in [9.17, 15) is 0 Å². The summed E-state index contributed by atoms with van der Waals surface area (Å²) in [5.74, 6) is 0.0762. The number of benzene rings is 2. The van der Waals surface area contributed by atoms with Crippen LogP contribution in [0.3, 0.4) is 0 Å². The van der Waals surface area contributed by atoms with Crippen LogP contribution in [0.4, 0.5) is 0 Å². The Morgan fingerprint density at radius 2 is 1.04 bits per heavy atom. The van der Waals surface area contributed by atoms with E-state index in [2.05, 4.69) is 20.4 Å². The molecule has 0 aliphatic heterocycles. The Bertz CT molecular complexity index is 667. The third kappa shape index (κ3) is 6.23. The van der Waals surface area contributed by atoms with E-state index in [1.807, 2.05) is 60.7 Å². The van der Waals surface area contributed by atoms with Crippen LogP contribution in [-0.2, 0) is 12.8 Å². The van der Waals surface area contributed by atoms with E-state index < -0.39 is 0 Å². The monoisotopic (exact) mass is 320 g/mol. The average Bonchev–Trinajstić information content (AvgIpc) is 2.63. The Kier molecular flexibility index (Phi) is 6.89. The first kappa shape index (κ1) is 17.1. The minimum absolute atomic E-state index is 0.0381. The molecular formula is C18H20N6. The molecule has 24 heavy (non-hydrogen) atoms. The number of amidine groups is 2. The van der Waals surface area contributed by atoms with Crippen LogP contribution in [0.1, 0.15) is 11.1 Å². The number of hydrogen-bond acceptors (Lipinski definition) is 4. The van der Waals surface area contributed by atoms with Crippen LogP contribution in [0.15, 0.2) is 81.1 Å². The van der Waals surface area contributed by atoms with Crippen LogP contribution in [0, 0.1) is 0 Å². The van der Waals surface area contributed by atoms with Crippen molar-refractivity contribution in [3.05, 3.63) is 71.8 Å². The van der Waals surface area contributed by atoms with Crippen molar-refractivity contribution in [3.8, 4) is 0 Å². The van der Waals surface area contributed by atoms with Gasteiger partial charge in [0.25, 0.3) is 0 Å². The molecule has 6 nitrogen and oxygen atoms in total.